The van der Waals surface area contributed by atoms with Gasteiger partial charge in [-0.25, -0.2) is 0 Å². The average molecular weight is 405 g/mol. The Labute approximate surface area is 155 Å². The van der Waals surface area contributed by atoms with Gasteiger partial charge in [0.25, 0.3) is 11.8 Å². The monoisotopic (exact) mass is 404 g/mol. The molecule has 0 spiro atoms. The number of benzene rings is 2. The van der Waals surface area contributed by atoms with Gasteiger partial charge in [-0.2, -0.15) is 0 Å². The van der Waals surface area contributed by atoms with E-state index in [0.717, 1.165) is 10.9 Å². The van der Waals surface area contributed by atoms with Crippen molar-refractivity contribution in [1.82, 2.24) is 5.32 Å². The molecule has 0 radical (unpaired) electrons. The third kappa shape index (κ3) is 5.06. The minimum atomic E-state index is -0.308. The number of amides is 2. The van der Waals surface area contributed by atoms with E-state index in [9.17, 15) is 9.59 Å². The first kappa shape index (κ1) is 19.0. The number of rotatable bonds is 6. The van der Waals surface area contributed by atoms with Crippen LogP contribution in [0.2, 0.25) is 0 Å². The zero-order chi connectivity index (χ0) is 18.4. The molecule has 0 aliphatic heterocycles. The summed E-state index contributed by atoms with van der Waals surface area (Å²) in [5, 5.41) is 5.71. The first-order valence-corrected chi connectivity index (χ1v) is 8.79. The van der Waals surface area contributed by atoms with Gasteiger partial charge < -0.3 is 15.4 Å². The first-order chi connectivity index (χ1) is 11.9. The van der Waals surface area contributed by atoms with Crippen LogP contribution in [0.1, 0.15) is 41.0 Å². The van der Waals surface area contributed by atoms with Crippen molar-refractivity contribution in [3.05, 3.63) is 58.1 Å². The van der Waals surface area contributed by atoms with Gasteiger partial charge in [-0.15, -0.1) is 0 Å². The summed E-state index contributed by atoms with van der Waals surface area (Å²) in [5.41, 5.74) is 1.45. The van der Waals surface area contributed by atoms with Crippen molar-refractivity contribution in [2.24, 2.45) is 0 Å². The van der Waals surface area contributed by atoms with Gasteiger partial charge in [-0.05, 0) is 49.7 Å². The zero-order valence-electron chi connectivity index (χ0n) is 14.4. The van der Waals surface area contributed by atoms with E-state index in [0.29, 0.717) is 22.6 Å². The number of nitrogens with one attached hydrogen (secondary N) is 2. The van der Waals surface area contributed by atoms with Gasteiger partial charge in [0.2, 0.25) is 0 Å². The Morgan fingerprint density at radius 3 is 2.60 bits per heavy atom. The Hall–Kier alpha value is -2.34. The number of carbonyl (C=O) groups excluding carboxylic acids is 2. The number of methoxy groups -OCH3 is 1. The second-order valence-corrected chi connectivity index (χ2v) is 6.58. The highest BCUT2D eigenvalue weighted by Crippen LogP contribution is 2.24. The van der Waals surface area contributed by atoms with E-state index in [1.165, 1.54) is 7.11 Å². The summed E-state index contributed by atoms with van der Waals surface area (Å²) in [7, 11) is 1.51. The van der Waals surface area contributed by atoms with Crippen LogP contribution in [0.15, 0.2) is 46.9 Å². The van der Waals surface area contributed by atoms with E-state index in [4.69, 9.17) is 4.74 Å². The van der Waals surface area contributed by atoms with Crippen LogP contribution in [-0.4, -0.2) is 25.0 Å². The highest BCUT2D eigenvalue weighted by molar-refractivity contribution is 9.10. The van der Waals surface area contributed by atoms with Gasteiger partial charge in [0.05, 0.1) is 12.7 Å². The molecule has 0 aliphatic carbocycles. The molecule has 0 bridgehead atoms. The summed E-state index contributed by atoms with van der Waals surface area (Å²) in [5.74, 6) is 0.00878. The molecule has 1 unspecified atom stereocenters. The fraction of sp³-hybridized carbons (Fsp3) is 0.263. The fourth-order valence-corrected chi connectivity index (χ4v) is 2.56. The molecule has 0 heterocycles. The van der Waals surface area contributed by atoms with Crippen LogP contribution in [0.3, 0.4) is 0 Å². The van der Waals surface area contributed by atoms with Crippen LogP contribution in [0.4, 0.5) is 5.69 Å². The number of hydrogen-bond acceptors (Lipinski definition) is 3. The number of hydrogen-bond donors (Lipinski definition) is 2. The predicted molar refractivity (Wildman–Crippen MR) is 102 cm³/mol. The van der Waals surface area contributed by atoms with Crippen molar-refractivity contribution < 1.29 is 14.3 Å². The molecule has 1 atom stereocenters. The van der Waals surface area contributed by atoms with Crippen LogP contribution in [0.5, 0.6) is 5.75 Å². The average Bonchev–Trinajstić information content (AvgIpc) is 2.61. The SMILES string of the molecule is CCC(C)NC(=O)c1cccc(NC(=O)c2cc(Br)ccc2OC)c1. The summed E-state index contributed by atoms with van der Waals surface area (Å²) in [4.78, 5) is 24.8. The van der Waals surface area contributed by atoms with E-state index in [-0.39, 0.29) is 17.9 Å². The largest absolute Gasteiger partial charge is 0.496 e. The molecule has 2 amide bonds. The lowest BCUT2D eigenvalue weighted by molar-refractivity contribution is 0.0938. The maximum absolute atomic E-state index is 12.5. The lowest BCUT2D eigenvalue weighted by Gasteiger charge is -2.13. The minimum Gasteiger partial charge on any atom is -0.496 e. The fourth-order valence-electron chi connectivity index (χ4n) is 2.20. The Morgan fingerprint density at radius 1 is 1.16 bits per heavy atom. The smallest absolute Gasteiger partial charge is 0.259 e. The molecule has 2 rings (SSSR count). The van der Waals surface area contributed by atoms with E-state index >= 15 is 0 Å². The summed E-state index contributed by atoms with van der Waals surface area (Å²) in [6.45, 7) is 3.95. The van der Waals surface area contributed by atoms with Gasteiger partial charge in [-0.1, -0.05) is 28.9 Å². The third-order valence-corrected chi connectivity index (χ3v) is 4.27. The number of carbonyl (C=O) groups is 2. The molecule has 0 aromatic heterocycles. The lowest BCUT2D eigenvalue weighted by atomic mass is 10.1. The second kappa shape index (κ2) is 8.67. The Bertz CT molecular complexity index is 777. The maximum Gasteiger partial charge on any atom is 0.259 e. The van der Waals surface area contributed by atoms with Gasteiger partial charge in [-0.3, -0.25) is 9.59 Å². The predicted octanol–water partition coefficient (Wildman–Crippen LogP) is 4.24. The molecule has 0 saturated carbocycles. The van der Waals surface area contributed by atoms with Crippen molar-refractivity contribution >= 4 is 33.4 Å². The molecular formula is C19H21BrN2O3. The third-order valence-electron chi connectivity index (χ3n) is 3.78. The minimum absolute atomic E-state index is 0.0941. The summed E-state index contributed by atoms with van der Waals surface area (Å²) in [6, 6.07) is 12.1. The quantitative estimate of drug-likeness (QED) is 0.756. The van der Waals surface area contributed by atoms with Crippen molar-refractivity contribution in [3.8, 4) is 5.75 Å². The number of ether oxygens (including phenoxy) is 1. The van der Waals surface area contributed by atoms with Crippen LogP contribution >= 0.6 is 15.9 Å². The summed E-state index contributed by atoms with van der Waals surface area (Å²) >= 11 is 3.35. The van der Waals surface area contributed by atoms with Crippen LogP contribution < -0.4 is 15.4 Å². The highest BCUT2D eigenvalue weighted by atomic mass is 79.9. The van der Waals surface area contributed by atoms with Crippen LogP contribution in [0, 0.1) is 0 Å². The van der Waals surface area contributed by atoms with Gasteiger partial charge in [0.15, 0.2) is 0 Å². The van der Waals surface area contributed by atoms with Crippen molar-refractivity contribution in [3.63, 3.8) is 0 Å². The van der Waals surface area contributed by atoms with Gasteiger partial charge in [0.1, 0.15) is 5.75 Å². The Balaban J connectivity index is 2.18. The van der Waals surface area contributed by atoms with Crippen molar-refractivity contribution in [1.29, 1.82) is 0 Å². The second-order valence-electron chi connectivity index (χ2n) is 5.66. The summed E-state index contributed by atoms with van der Waals surface area (Å²) < 4.78 is 6.01. The van der Waals surface area contributed by atoms with E-state index in [1.807, 2.05) is 13.8 Å². The molecule has 132 valence electrons. The molecule has 2 aromatic rings. The lowest BCUT2D eigenvalue weighted by Crippen LogP contribution is -2.31. The maximum atomic E-state index is 12.5. The number of halogens is 1. The Kier molecular flexibility index (Phi) is 6.58. The molecule has 2 aromatic carbocycles. The molecule has 0 fully saturated rings. The molecule has 6 heteroatoms. The van der Waals surface area contributed by atoms with Crippen molar-refractivity contribution in [2.45, 2.75) is 26.3 Å². The standard InChI is InChI=1S/C19H21BrN2O3/c1-4-12(2)21-18(23)13-6-5-7-15(10-13)22-19(24)16-11-14(20)8-9-17(16)25-3/h5-12H,4H2,1-3H3,(H,21,23)(H,22,24). The Morgan fingerprint density at radius 2 is 1.92 bits per heavy atom. The first-order valence-electron chi connectivity index (χ1n) is 8.00. The van der Waals surface area contributed by atoms with Gasteiger partial charge in [0, 0.05) is 21.8 Å². The normalized spacial score (nSPS) is 11.5. The van der Waals surface area contributed by atoms with Crippen molar-refractivity contribution in [2.75, 3.05) is 12.4 Å². The topological polar surface area (TPSA) is 67.4 Å². The molecule has 25 heavy (non-hydrogen) atoms. The number of anilines is 1. The van der Waals surface area contributed by atoms with E-state index in [1.54, 1.807) is 42.5 Å². The van der Waals surface area contributed by atoms with Crippen LogP contribution in [0.25, 0.3) is 0 Å². The highest BCUT2D eigenvalue weighted by Gasteiger charge is 2.14. The summed E-state index contributed by atoms with van der Waals surface area (Å²) in [6.07, 6.45) is 0.852. The molecule has 0 aliphatic rings. The molecule has 5 nitrogen and oxygen atoms in total. The van der Waals surface area contributed by atoms with Gasteiger partial charge >= 0.3 is 0 Å². The molecular weight excluding hydrogens is 384 g/mol. The zero-order valence-corrected chi connectivity index (χ0v) is 16.0. The molecule has 0 saturated heterocycles. The molecule has 2 N–H and O–H groups in total. The van der Waals surface area contributed by atoms with E-state index in [2.05, 4.69) is 26.6 Å². The van der Waals surface area contributed by atoms with E-state index < -0.39 is 0 Å². The van der Waals surface area contributed by atoms with Crippen LogP contribution in [-0.2, 0) is 0 Å².